The summed E-state index contributed by atoms with van der Waals surface area (Å²) in [5.41, 5.74) is 0. The summed E-state index contributed by atoms with van der Waals surface area (Å²) < 4.78 is 0.843. The number of hydrogen-bond acceptors (Lipinski definition) is 6. The third-order valence-corrected chi connectivity index (χ3v) is 5.01. The Bertz CT molecular complexity index is 431. The Balaban J connectivity index is 1.71. The van der Waals surface area contributed by atoms with Crippen LogP contribution in [0.2, 0.25) is 0 Å². The first-order valence-corrected chi connectivity index (χ1v) is 8.37. The van der Waals surface area contributed by atoms with Crippen molar-refractivity contribution >= 4 is 34.1 Å². The van der Waals surface area contributed by atoms with Crippen molar-refractivity contribution in [3.8, 4) is 0 Å². The normalized spacial score (nSPS) is 16.4. The van der Waals surface area contributed by atoms with Gasteiger partial charge in [-0.3, -0.25) is 4.79 Å². The molecule has 1 aliphatic carbocycles. The van der Waals surface area contributed by atoms with Gasteiger partial charge in [-0.15, -0.1) is 10.2 Å². The van der Waals surface area contributed by atoms with Crippen molar-refractivity contribution in [1.29, 1.82) is 0 Å². The first-order valence-electron chi connectivity index (χ1n) is 6.57. The van der Waals surface area contributed by atoms with Gasteiger partial charge in [-0.05, 0) is 25.7 Å². The summed E-state index contributed by atoms with van der Waals surface area (Å²) in [5.74, 6) is 0.901. The minimum Gasteiger partial charge on any atom is -0.357 e. The van der Waals surface area contributed by atoms with Crippen LogP contribution in [0.1, 0.15) is 33.6 Å². The highest BCUT2D eigenvalue weighted by Gasteiger charge is 2.22. The zero-order chi connectivity index (χ0) is 13.8. The van der Waals surface area contributed by atoms with Gasteiger partial charge in [0.1, 0.15) is 0 Å². The first-order chi connectivity index (χ1) is 9.04. The molecule has 0 bridgehead atoms. The molecule has 106 valence electrons. The topological polar surface area (TPSA) is 66.9 Å². The van der Waals surface area contributed by atoms with Crippen molar-refractivity contribution in [3.05, 3.63) is 0 Å². The number of anilines is 1. The fourth-order valence-electron chi connectivity index (χ4n) is 1.32. The van der Waals surface area contributed by atoms with Gasteiger partial charge < -0.3 is 10.6 Å². The summed E-state index contributed by atoms with van der Waals surface area (Å²) in [7, 11) is 0. The van der Waals surface area contributed by atoms with Gasteiger partial charge in [0, 0.05) is 12.1 Å². The summed E-state index contributed by atoms with van der Waals surface area (Å²) in [6.07, 6.45) is 2.44. The minimum absolute atomic E-state index is 0.0538. The SMILES string of the molecule is CC(C)[C@H](C)NC(=O)CSc1nnc(NC2CC2)s1. The van der Waals surface area contributed by atoms with Crippen LogP contribution in [0.5, 0.6) is 0 Å². The number of hydrogen-bond donors (Lipinski definition) is 2. The molecule has 2 rings (SSSR count). The van der Waals surface area contributed by atoms with Crippen LogP contribution < -0.4 is 10.6 Å². The molecular weight excluding hydrogens is 280 g/mol. The second kappa shape index (κ2) is 6.56. The van der Waals surface area contributed by atoms with Gasteiger partial charge in [0.05, 0.1) is 5.75 Å². The number of carbonyl (C=O) groups is 1. The molecule has 1 aromatic heterocycles. The van der Waals surface area contributed by atoms with Crippen LogP contribution in [0.3, 0.4) is 0 Å². The molecular formula is C12H20N4OS2. The molecule has 1 fully saturated rings. The smallest absolute Gasteiger partial charge is 0.230 e. The number of thioether (sulfide) groups is 1. The number of nitrogens with zero attached hydrogens (tertiary/aromatic N) is 2. The lowest BCUT2D eigenvalue weighted by molar-refractivity contribution is -0.119. The summed E-state index contributed by atoms with van der Waals surface area (Å²) in [5, 5.41) is 15.3. The van der Waals surface area contributed by atoms with Gasteiger partial charge in [0.2, 0.25) is 11.0 Å². The van der Waals surface area contributed by atoms with E-state index in [1.807, 2.05) is 6.92 Å². The summed E-state index contributed by atoms with van der Waals surface area (Å²) >= 11 is 2.96. The molecule has 19 heavy (non-hydrogen) atoms. The Kier molecular flexibility index (Phi) is 5.04. The van der Waals surface area contributed by atoms with Gasteiger partial charge in [-0.2, -0.15) is 0 Å². The zero-order valence-electron chi connectivity index (χ0n) is 11.5. The Hall–Kier alpha value is -0.820. The molecule has 5 nitrogen and oxygen atoms in total. The Morgan fingerprint density at radius 3 is 2.79 bits per heavy atom. The highest BCUT2D eigenvalue weighted by molar-refractivity contribution is 8.01. The number of rotatable bonds is 7. The van der Waals surface area contributed by atoms with Crippen molar-refractivity contribution < 1.29 is 4.79 Å². The minimum atomic E-state index is 0.0538. The summed E-state index contributed by atoms with van der Waals surface area (Å²) in [6, 6.07) is 0.788. The molecule has 1 heterocycles. The molecule has 0 aliphatic heterocycles. The predicted octanol–water partition coefficient (Wildman–Crippen LogP) is 2.37. The molecule has 1 saturated carbocycles. The van der Waals surface area contributed by atoms with E-state index in [2.05, 4.69) is 34.7 Å². The van der Waals surface area contributed by atoms with E-state index in [0.29, 0.717) is 17.7 Å². The lowest BCUT2D eigenvalue weighted by Crippen LogP contribution is -2.37. The number of aromatic nitrogens is 2. The largest absolute Gasteiger partial charge is 0.357 e. The Labute approximate surface area is 122 Å². The van der Waals surface area contributed by atoms with Crippen molar-refractivity contribution in [1.82, 2.24) is 15.5 Å². The van der Waals surface area contributed by atoms with Crippen LogP contribution in [0.4, 0.5) is 5.13 Å². The van der Waals surface area contributed by atoms with Crippen molar-refractivity contribution in [3.63, 3.8) is 0 Å². The van der Waals surface area contributed by atoms with E-state index in [0.717, 1.165) is 9.47 Å². The molecule has 1 atom stereocenters. The van der Waals surface area contributed by atoms with Gasteiger partial charge in [-0.1, -0.05) is 36.9 Å². The highest BCUT2D eigenvalue weighted by atomic mass is 32.2. The average Bonchev–Trinajstić information content (AvgIpc) is 3.04. The van der Waals surface area contributed by atoms with E-state index in [9.17, 15) is 4.79 Å². The molecule has 0 aromatic carbocycles. The second-order valence-corrected chi connectivity index (χ2v) is 7.38. The van der Waals surface area contributed by atoms with E-state index in [1.54, 1.807) is 0 Å². The Morgan fingerprint density at radius 1 is 1.42 bits per heavy atom. The maximum atomic E-state index is 11.7. The van der Waals surface area contributed by atoms with Crippen LogP contribution in [0.15, 0.2) is 4.34 Å². The zero-order valence-corrected chi connectivity index (χ0v) is 13.1. The third kappa shape index (κ3) is 4.99. The molecule has 1 aromatic rings. The van der Waals surface area contributed by atoms with Crippen LogP contribution >= 0.6 is 23.1 Å². The van der Waals surface area contributed by atoms with Gasteiger partial charge in [0.25, 0.3) is 0 Å². The molecule has 7 heteroatoms. The van der Waals surface area contributed by atoms with Gasteiger partial charge in [0.15, 0.2) is 4.34 Å². The molecule has 2 N–H and O–H groups in total. The van der Waals surface area contributed by atoms with Crippen LogP contribution in [-0.4, -0.2) is 33.9 Å². The number of carbonyl (C=O) groups excluding carboxylic acids is 1. The monoisotopic (exact) mass is 300 g/mol. The summed E-state index contributed by atoms with van der Waals surface area (Å²) in [6.45, 7) is 6.22. The first kappa shape index (κ1) is 14.6. The van der Waals surface area contributed by atoms with E-state index in [1.165, 1.54) is 35.9 Å². The van der Waals surface area contributed by atoms with Gasteiger partial charge >= 0.3 is 0 Å². The number of nitrogens with one attached hydrogen (secondary N) is 2. The summed E-state index contributed by atoms with van der Waals surface area (Å²) in [4.78, 5) is 11.7. The fraction of sp³-hybridized carbons (Fsp3) is 0.750. The standard InChI is InChI=1S/C12H20N4OS2/c1-7(2)8(3)13-10(17)6-18-12-16-15-11(19-12)14-9-4-5-9/h7-9H,4-6H2,1-3H3,(H,13,17)(H,14,15)/t8-/m0/s1. The predicted molar refractivity (Wildman–Crippen MR) is 79.7 cm³/mol. The fourth-order valence-corrected chi connectivity index (χ4v) is 2.96. The van der Waals surface area contributed by atoms with E-state index < -0.39 is 0 Å². The lowest BCUT2D eigenvalue weighted by Gasteiger charge is -2.16. The molecule has 0 unspecified atom stereocenters. The third-order valence-electron chi connectivity index (χ3n) is 3.03. The Morgan fingerprint density at radius 2 is 2.16 bits per heavy atom. The van der Waals surface area contributed by atoms with Crippen molar-refractivity contribution in [2.45, 2.75) is 50.0 Å². The van der Waals surface area contributed by atoms with Crippen LogP contribution in [-0.2, 0) is 4.79 Å². The molecule has 0 spiro atoms. The maximum Gasteiger partial charge on any atom is 0.230 e. The van der Waals surface area contributed by atoms with E-state index in [-0.39, 0.29) is 11.9 Å². The average molecular weight is 300 g/mol. The second-order valence-electron chi connectivity index (χ2n) is 5.18. The molecule has 0 radical (unpaired) electrons. The quantitative estimate of drug-likeness (QED) is 0.757. The van der Waals surface area contributed by atoms with Gasteiger partial charge in [-0.25, -0.2) is 0 Å². The molecule has 1 aliphatic rings. The van der Waals surface area contributed by atoms with Crippen LogP contribution in [0.25, 0.3) is 0 Å². The van der Waals surface area contributed by atoms with E-state index in [4.69, 9.17) is 0 Å². The molecule has 0 saturated heterocycles. The maximum absolute atomic E-state index is 11.7. The number of amides is 1. The van der Waals surface area contributed by atoms with Crippen LogP contribution in [0, 0.1) is 5.92 Å². The van der Waals surface area contributed by atoms with Crippen molar-refractivity contribution in [2.24, 2.45) is 5.92 Å². The van der Waals surface area contributed by atoms with Crippen molar-refractivity contribution in [2.75, 3.05) is 11.1 Å². The molecule has 1 amide bonds. The lowest BCUT2D eigenvalue weighted by atomic mass is 10.1. The van der Waals surface area contributed by atoms with E-state index >= 15 is 0 Å². The highest BCUT2D eigenvalue weighted by Crippen LogP contribution is 2.30.